The van der Waals surface area contributed by atoms with Crippen LogP contribution in [0.5, 0.6) is 0 Å². The first-order valence-electron chi connectivity index (χ1n) is 13.5. The number of anilines is 2. The third-order valence-corrected chi connectivity index (χ3v) is 8.10. The number of ether oxygens (including phenoxy) is 2. The number of alkyl halides is 1. The Bertz CT molecular complexity index is 1370. The summed E-state index contributed by atoms with van der Waals surface area (Å²) in [5, 5.41) is 3.47. The van der Waals surface area contributed by atoms with Gasteiger partial charge in [-0.1, -0.05) is 29.8 Å². The maximum atomic E-state index is 15.4. The Morgan fingerprint density at radius 2 is 1.98 bits per heavy atom. The molecule has 0 spiro atoms. The largest absolute Gasteiger partial charge is 0.469 e. The Morgan fingerprint density at radius 3 is 2.70 bits per heavy atom. The van der Waals surface area contributed by atoms with Gasteiger partial charge in [-0.25, -0.2) is 8.78 Å². The van der Waals surface area contributed by atoms with Crippen molar-refractivity contribution in [2.24, 2.45) is 5.92 Å². The molecule has 3 aromatic rings. The van der Waals surface area contributed by atoms with E-state index in [9.17, 15) is 14.0 Å². The number of aromatic nitrogens is 1. The van der Waals surface area contributed by atoms with Crippen molar-refractivity contribution in [1.82, 2.24) is 9.88 Å². The van der Waals surface area contributed by atoms with E-state index in [-0.39, 0.29) is 67.1 Å². The lowest BCUT2D eigenvalue weighted by Gasteiger charge is -2.30. The number of methoxy groups -OCH3 is 1. The van der Waals surface area contributed by atoms with Crippen LogP contribution in [0.1, 0.15) is 43.2 Å². The van der Waals surface area contributed by atoms with Gasteiger partial charge in [-0.3, -0.25) is 9.59 Å². The van der Waals surface area contributed by atoms with Crippen molar-refractivity contribution in [3.05, 3.63) is 52.3 Å². The van der Waals surface area contributed by atoms with Crippen LogP contribution >= 0.6 is 11.6 Å². The van der Waals surface area contributed by atoms with Crippen LogP contribution in [0.25, 0.3) is 11.1 Å². The topological polar surface area (TPSA) is 93.9 Å². The van der Waals surface area contributed by atoms with Gasteiger partial charge < -0.3 is 24.1 Å². The Hall–Kier alpha value is -3.24. The van der Waals surface area contributed by atoms with E-state index in [4.69, 9.17) is 25.5 Å². The molecule has 1 saturated heterocycles. The first kappa shape index (κ1) is 28.3. The number of benzene rings is 2. The normalized spacial score (nSPS) is 23.0. The third-order valence-electron chi connectivity index (χ3n) is 7.79. The predicted molar refractivity (Wildman–Crippen MR) is 146 cm³/mol. The lowest BCUT2D eigenvalue weighted by Crippen LogP contribution is -2.40. The summed E-state index contributed by atoms with van der Waals surface area (Å²) in [4.78, 5) is 30.7. The minimum absolute atomic E-state index is 0.0554. The Morgan fingerprint density at radius 1 is 1.20 bits per heavy atom. The summed E-state index contributed by atoms with van der Waals surface area (Å²) in [6.07, 6.45) is 1.45. The lowest BCUT2D eigenvalue weighted by atomic mass is 9.87. The number of fused-ring (bicyclic) bond motifs is 1. The minimum atomic E-state index is -1.17. The molecule has 1 aromatic heterocycles. The highest BCUT2D eigenvalue weighted by molar-refractivity contribution is 6.33. The molecule has 2 aromatic carbocycles. The van der Waals surface area contributed by atoms with Crippen molar-refractivity contribution in [3.8, 4) is 0 Å². The summed E-state index contributed by atoms with van der Waals surface area (Å²) >= 11 is 6.26. The van der Waals surface area contributed by atoms with Crippen molar-refractivity contribution in [3.63, 3.8) is 0 Å². The second-order valence-corrected chi connectivity index (χ2v) is 10.9. The number of halogens is 3. The number of oxazole rings is 1. The van der Waals surface area contributed by atoms with E-state index in [0.29, 0.717) is 41.9 Å². The summed E-state index contributed by atoms with van der Waals surface area (Å²) in [5.74, 6) is -1.39. The average Bonchev–Trinajstić information content (AvgIpc) is 3.54. The van der Waals surface area contributed by atoms with Crippen molar-refractivity contribution in [2.45, 2.75) is 63.8 Å². The zero-order valence-electron chi connectivity index (χ0n) is 22.4. The van der Waals surface area contributed by atoms with E-state index >= 15 is 4.39 Å². The summed E-state index contributed by atoms with van der Waals surface area (Å²) in [5.41, 5.74) is 1.82. The first-order valence-corrected chi connectivity index (χ1v) is 13.8. The van der Waals surface area contributed by atoms with Crippen LogP contribution in [0.2, 0.25) is 5.02 Å². The summed E-state index contributed by atoms with van der Waals surface area (Å²) in [6, 6.07) is 8.13. The second-order valence-electron chi connectivity index (χ2n) is 10.5. The van der Waals surface area contributed by atoms with Gasteiger partial charge in [0.05, 0.1) is 55.5 Å². The van der Waals surface area contributed by atoms with Gasteiger partial charge in [0, 0.05) is 12.0 Å². The minimum Gasteiger partial charge on any atom is -0.469 e. The van der Waals surface area contributed by atoms with Gasteiger partial charge in [-0.2, -0.15) is 4.98 Å². The van der Waals surface area contributed by atoms with E-state index in [1.165, 1.54) is 18.1 Å². The molecule has 5 rings (SSSR count). The van der Waals surface area contributed by atoms with E-state index in [0.717, 1.165) is 5.56 Å². The van der Waals surface area contributed by atoms with E-state index in [2.05, 4.69) is 10.3 Å². The van der Waals surface area contributed by atoms with Crippen LogP contribution in [-0.4, -0.2) is 60.3 Å². The molecule has 1 amide bonds. The molecule has 1 N–H and O–H groups in total. The highest BCUT2D eigenvalue weighted by atomic mass is 35.5. The van der Waals surface area contributed by atoms with Crippen molar-refractivity contribution < 1.29 is 32.3 Å². The summed E-state index contributed by atoms with van der Waals surface area (Å²) < 4.78 is 46.3. The Labute approximate surface area is 236 Å². The quantitative estimate of drug-likeness (QED) is 0.334. The van der Waals surface area contributed by atoms with Gasteiger partial charge in [-0.15, -0.1) is 0 Å². The number of likely N-dealkylation sites (tertiary alicyclic amines) is 1. The van der Waals surface area contributed by atoms with Gasteiger partial charge in [0.15, 0.2) is 11.4 Å². The number of hydrogen-bond donors (Lipinski definition) is 1. The van der Waals surface area contributed by atoms with E-state index in [1.54, 1.807) is 12.1 Å². The number of nitrogens with one attached hydrogen (secondary N) is 1. The van der Waals surface area contributed by atoms with Crippen molar-refractivity contribution in [2.75, 3.05) is 25.6 Å². The molecular formula is C29H32ClF2N3O5. The number of amides is 1. The highest BCUT2D eigenvalue weighted by Crippen LogP contribution is 2.32. The van der Waals surface area contributed by atoms with Gasteiger partial charge in [0.2, 0.25) is 5.91 Å². The molecule has 11 heteroatoms. The fourth-order valence-electron chi connectivity index (χ4n) is 5.55. The molecule has 2 atom stereocenters. The number of aryl methyl sites for hydroxylation is 1. The first-order chi connectivity index (χ1) is 19.2. The van der Waals surface area contributed by atoms with Crippen LogP contribution in [0.4, 0.5) is 20.5 Å². The van der Waals surface area contributed by atoms with Crippen LogP contribution in [0, 0.1) is 18.7 Å². The number of carbonyl (C=O) groups excluding carboxylic acids is 2. The zero-order chi connectivity index (χ0) is 28.4. The summed E-state index contributed by atoms with van der Waals surface area (Å²) in [7, 11) is 1.39. The number of rotatable bonds is 8. The standard InChI is InChI=1S/C29H32ClF2N3O5/c1-16-4-3-5-22(30)26(16)34-29-33-23-11-8-18(25(32)27(23)40-29)12-24(36)35-14-19(31)13-20(35)15-39-21-9-6-17(7-10-21)28(37)38-2/h3-5,8,11,17,19-21H,6-7,9-10,12-15H2,1-2H3,(H,33,34)/t17-,19-,20-,21-/m0/s1. The third kappa shape index (κ3) is 6.07. The van der Waals surface area contributed by atoms with Gasteiger partial charge in [-0.05, 0) is 50.3 Å². The van der Waals surface area contributed by atoms with Crippen molar-refractivity contribution >= 4 is 46.3 Å². The molecule has 2 fully saturated rings. The lowest BCUT2D eigenvalue weighted by molar-refractivity contribution is -0.148. The average molecular weight is 576 g/mol. The number of carbonyl (C=O) groups is 2. The molecule has 0 radical (unpaired) electrons. The maximum Gasteiger partial charge on any atom is 0.308 e. The molecule has 1 saturated carbocycles. The summed E-state index contributed by atoms with van der Waals surface area (Å²) in [6.45, 7) is 2.01. The molecule has 1 aliphatic heterocycles. The van der Waals surface area contributed by atoms with Crippen LogP contribution in [0.3, 0.4) is 0 Å². The molecule has 8 nitrogen and oxygen atoms in total. The molecule has 2 heterocycles. The molecule has 0 bridgehead atoms. The number of esters is 1. The molecule has 0 unspecified atom stereocenters. The SMILES string of the molecule is COC(=O)[C@H]1CC[C@H](OC[C@@H]2C[C@H](F)CN2C(=O)Cc2ccc3nc(Nc4c(C)cccc4Cl)oc3c2F)CC1. The molecule has 1 aliphatic carbocycles. The number of hydrogen-bond acceptors (Lipinski definition) is 7. The molecule has 2 aliphatic rings. The second kappa shape index (κ2) is 12.1. The Balaban J connectivity index is 1.22. The maximum absolute atomic E-state index is 15.4. The van der Waals surface area contributed by atoms with Gasteiger partial charge in [0.1, 0.15) is 11.7 Å². The van der Waals surface area contributed by atoms with Crippen LogP contribution < -0.4 is 5.32 Å². The molecular weight excluding hydrogens is 544 g/mol. The highest BCUT2D eigenvalue weighted by Gasteiger charge is 2.37. The monoisotopic (exact) mass is 575 g/mol. The van der Waals surface area contributed by atoms with E-state index < -0.39 is 18.0 Å². The van der Waals surface area contributed by atoms with Gasteiger partial charge in [0.25, 0.3) is 6.01 Å². The van der Waals surface area contributed by atoms with Crippen molar-refractivity contribution in [1.29, 1.82) is 0 Å². The van der Waals surface area contributed by atoms with Crippen LogP contribution in [-0.2, 0) is 25.5 Å². The molecule has 214 valence electrons. The zero-order valence-corrected chi connectivity index (χ0v) is 23.2. The Kier molecular flexibility index (Phi) is 8.56. The number of para-hydroxylation sites is 1. The predicted octanol–water partition coefficient (Wildman–Crippen LogP) is 5.90. The van der Waals surface area contributed by atoms with Crippen LogP contribution in [0.15, 0.2) is 34.7 Å². The fourth-order valence-corrected chi connectivity index (χ4v) is 5.82. The van der Waals surface area contributed by atoms with Gasteiger partial charge >= 0.3 is 5.97 Å². The fraction of sp³-hybridized carbons (Fsp3) is 0.483. The smallest absolute Gasteiger partial charge is 0.308 e. The van der Waals surface area contributed by atoms with E-state index in [1.807, 2.05) is 19.1 Å². The number of nitrogens with zero attached hydrogens (tertiary/aromatic N) is 2. The molecule has 40 heavy (non-hydrogen) atoms.